The summed E-state index contributed by atoms with van der Waals surface area (Å²) in [6.45, 7) is 0. The van der Waals surface area contributed by atoms with Gasteiger partial charge in [0.1, 0.15) is 0 Å². The standard InChI is InChI=1S/C8H6F3NO.2ClH/c9-8(10,11)6-3-1-5(2-4-6)7(12)13;;/h1-4H,(H2,12,13);2*1H. The fraction of sp³-hybridized carbons (Fsp3) is 0.125. The molecule has 1 rings (SSSR count). The minimum Gasteiger partial charge on any atom is -0.366 e. The van der Waals surface area contributed by atoms with E-state index in [0.717, 1.165) is 24.3 Å². The molecule has 0 spiro atoms. The normalized spacial score (nSPS) is 9.80. The van der Waals surface area contributed by atoms with Crippen LogP contribution in [-0.4, -0.2) is 5.91 Å². The molecule has 0 atom stereocenters. The lowest BCUT2D eigenvalue weighted by atomic mass is 10.1. The molecule has 1 aromatic rings. The van der Waals surface area contributed by atoms with Crippen molar-refractivity contribution in [1.29, 1.82) is 0 Å². The van der Waals surface area contributed by atoms with Crippen LogP contribution in [0.5, 0.6) is 0 Å². The van der Waals surface area contributed by atoms with Gasteiger partial charge in [0.25, 0.3) is 0 Å². The van der Waals surface area contributed by atoms with Gasteiger partial charge in [-0.1, -0.05) is 0 Å². The summed E-state index contributed by atoms with van der Waals surface area (Å²) in [6.07, 6.45) is -4.38. The first-order chi connectivity index (χ1) is 5.91. The predicted molar refractivity (Wildman–Crippen MR) is 54.5 cm³/mol. The summed E-state index contributed by atoms with van der Waals surface area (Å²) in [7, 11) is 0. The number of carbonyl (C=O) groups excluding carboxylic acids is 1. The summed E-state index contributed by atoms with van der Waals surface area (Å²) in [5.74, 6) is -0.742. The Labute approximate surface area is 96.5 Å². The van der Waals surface area contributed by atoms with Crippen LogP contribution in [0.2, 0.25) is 0 Å². The van der Waals surface area contributed by atoms with E-state index in [1.54, 1.807) is 0 Å². The molecular weight excluding hydrogens is 254 g/mol. The van der Waals surface area contributed by atoms with Crippen LogP contribution in [0.1, 0.15) is 15.9 Å². The SMILES string of the molecule is Cl.Cl.NC(=O)c1ccc(C(F)(F)F)cc1. The number of halogens is 5. The molecule has 0 fully saturated rings. The number of primary amides is 1. The summed E-state index contributed by atoms with van der Waals surface area (Å²) in [6, 6.07) is 3.73. The zero-order chi connectivity index (χ0) is 10.1. The van der Waals surface area contributed by atoms with Crippen molar-refractivity contribution in [3.05, 3.63) is 35.4 Å². The largest absolute Gasteiger partial charge is 0.416 e. The van der Waals surface area contributed by atoms with Crippen molar-refractivity contribution in [1.82, 2.24) is 0 Å². The number of alkyl halides is 3. The van der Waals surface area contributed by atoms with Gasteiger partial charge >= 0.3 is 6.18 Å². The highest BCUT2D eigenvalue weighted by Crippen LogP contribution is 2.28. The molecule has 7 heteroatoms. The van der Waals surface area contributed by atoms with Gasteiger partial charge in [0.15, 0.2) is 0 Å². The van der Waals surface area contributed by atoms with E-state index in [4.69, 9.17) is 5.73 Å². The van der Waals surface area contributed by atoms with Crippen LogP contribution >= 0.6 is 24.8 Å². The quantitative estimate of drug-likeness (QED) is 0.830. The highest BCUT2D eigenvalue weighted by molar-refractivity contribution is 5.92. The van der Waals surface area contributed by atoms with Crippen molar-refractivity contribution in [2.24, 2.45) is 5.73 Å². The zero-order valence-corrected chi connectivity index (χ0v) is 8.88. The van der Waals surface area contributed by atoms with E-state index < -0.39 is 17.6 Å². The number of amides is 1. The maximum Gasteiger partial charge on any atom is 0.416 e. The molecule has 15 heavy (non-hydrogen) atoms. The minimum atomic E-state index is -4.38. The second-order valence-electron chi connectivity index (χ2n) is 2.44. The number of nitrogens with two attached hydrogens (primary N) is 1. The predicted octanol–water partition coefficient (Wildman–Crippen LogP) is 2.65. The highest BCUT2D eigenvalue weighted by Gasteiger charge is 2.30. The van der Waals surface area contributed by atoms with Crippen LogP contribution in [0.4, 0.5) is 13.2 Å². The second kappa shape index (κ2) is 5.82. The summed E-state index contributed by atoms with van der Waals surface area (Å²) in [4.78, 5) is 10.5. The van der Waals surface area contributed by atoms with E-state index in [2.05, 4.69) is 0 Å². The molecule has 0 heterocycles. The van der Waals surface area contributed by atoms with Gasteiger partial charge in [-0.2, -0.15) is 13.2 Å². The Morgan fingerprint density at radius 1 is 1.07 bits per heavy atom. The van der Waals surface area contributed by atoms with Crippen molar-refractivity contribution < 1.29 is 18.0 Å². The van der Waals surface area contributed by atoms with E-state index in [1.807, 2.05) is 0 Å². The number of hydrogen-bond acceptors (Lipinski definition) is 1. The monoisotopic (exact) mass is 261 g/mol. The summed E-state index contributed by atoms with van der Waals surface area (Å²) in [5.41, 5.74) is 4.12. The molecule has 2 N–H and O–H groups in total. The molecule has 86 valence electrons. The molecular formula is C8H8Cl2F3NO. The van der Waals surface area contributed by atoms with E-state index >= 15 is 0 Å². The Morgan fingerprint density at radius 2 is 1.47 bits per heavy atom. The Hall–Kier alpha value is -0.940. The molecule has 2 nitrogen and oxygen atoms in total. The summed E-state index contributed by atoms with van der Waals surface area (Å²) in [5, 5.41) is 0. The van der Waals surface area contributed by atoms with Gasteiger partial charge in [0.2, 0.25) is 5.91 Å². The molecule has 0 bridgehead atoms. The maximum atomic E-state index is 12.0. The van der Waals surface area contributed by atoms with E-state index in [9.17, 15) is 18.0 Å². The number of hydrogen-bond donors (Lipinski definition) is 1. The minimum absolute atomic E-state index is 0. The van der Waals surface area contributed by atoms with Crippen LogP contribution < -0.4 is 5.73 Å². The maximum absolute atomic E-state index is 12.0. The van der Waals surface area contributed by atoms with Gasteiger partial charge in [-0.05, 0) is 24.3 Å². The first-order valence-electron chi connectivity index (χ1n) is 3.38. The van der Waals surface area contributed by atoms with Crippen LogP contribution in [0.25, 0.3) is 0 Å². The number of rotatable bonds is 1. The highest BCUT2D eigenvalue weighted by atomic mass is 35.5. The van der Waals surface area contributed by atoms with Gasteiger partial charge in [-0.25, -0.2) is 0 Å². The molecule has 0 aromatic heterocycles. The number of benzene rings is 1. The summed E-state index contributed by atoms with van der Waals surface area (Å²) < 4.78 is 36.0. The first-order valence-corrected chi connectivity index (χ1v) is 3.38. The molecule has 0 aliphatic rings. The van der Waals surface area contributed by atoms with Crippen molar-refractivity contribution in [3.63, 3.8) is 0 Å². The topological polar surface area (TPSA) is 43.1 Å². The third-order valence-corrected chi connectivity index (χ3v) is 1.50. The van der Waals surface area contributed by atoms with E-state index in [0.29, 0.717) is 0 Å². The average Bonchev–Trinajstić information content (AvgIpc) is 2.03. The zero-order valence-electron chi connectivity index (χ0n) is 7.25. The lowest BCUT2D eigenvalue weighted by Gasteiger charge is -2.05. The Morgan fingerprint density at radius 3 is 1.73 bits per heavy atom. The van der Waals surface area contributed by atoms with Crippen molar-refractivity contribution in [2.75, 3.05) is 0 Å². The van der Waals surface area contributed by atoms with Gasteiger partial charge in [0, 0.05) is 5.56 Å². The number of carbonyl (C=O) groups is 1. The van der Waals surface area contributed by atoms with Gasteiger partial charge in [0.05, 0.1) is 5.56 Å². The third kappa shape index (κ3) is 4.40. The molecule has 0 saturated heterocycles. The Kier molecular flexibility index (Phi) is 6.40. The summed E-state index contributed by atoms with van der Waals surface area (Å²) >= 11 is 0. The van der Waals surface area contributed by atoms with Crippen LogP contribution in [0.3, 0.4) is 0 Å². The van der Waals surface area contributed by atoms with Gasteiger partial charge in [-0.3, -0.25) is 4.79 Å². The first kappa shape index (κ1) is 16.5. The molecule has 0 radical (unpaired) electrons. The molecule has 1 aromatic carbocycles. The van der Waals surface area contributed by atoms with E-state index in [-0.39, 0.29) is 30.4 Å². The van der Waals surface area contributed by atoms with Crippen LogP contribution in [0, 0.1) is 0 Å². The fourth-order valence-electron chi connectivity index (χ4n) is 0.823. The molecule has 0 saturated carbocycles. The van der Waals surface area contributed by atoms with Crippen molar-refractivity contribution in [3.8, 4) is 0 Å². The molecule has 0 unspecified atom stereocenters. The molecule has 0 aliphatic carbocycles. The Balaban J connectivity index is 0. The lowest BCUT2D eigenvalue weighted by molar-refractivity contribution is -0.137. The smallest absolute Gasteiger partial charge is 0.366 e. The van der Waals surface area contributed by atoms with Crippen LogP contribution in [0.15, 0.2) is 24.3 Å². The van der Waals surface area contributed by atoms with E-state index in [1.165, 1.54) is 0 Å². The van der Waals surface area contributed by atoms with Gasteiger partial charge in [-0.15, -0.1) is 24.8 Å². The second-order valence-corrected chi connectivity index (χ2v) is 2.44. The van der Waals surface area contributed by atoms with Crippen molar-refractivity contribution >= 4 is 30.7 Å². The Bertz CT molecular complexity index is 324. The van der Waals surface area contributed by atoms with Gasteiger partial charge < -0.3 is 5.73 Å². The van der Waals surface area contributed by atoms with Crippen molar-refractivity contribution in [2.45, 2.75) is 6.18 Å². The molecule has 0 aliphatic heterocycles. The third-order valence-electron chi connectivity index (χ3n) is 1.50. The fourth-order valence-corrected chi connectivity index (χ4v) is 0.823. The van der Waals surface area contributed by atoms with Crippen LogP contribution in [-0.2, 0) is 6.18 Å². The molecule has 1 amide bonds. The average molecular weight is 262 g/mol. The lowest BCUT2D eigenvalue weighted by Crippen LogP contribution is -2.11.